The van der Waals surface area contributed by atoms with E-state index in [1.54, 1.807) is 0 Å². The highest BCUT2D eigenvalue weighted by Crippen LogP contribution is 2.62. The zero-order valence-corrected chi connectivity index (χ0v) is 16.6. The van der Waals surface area contributed by atoms with Gasteiger partial charge in [0.05, 0.1) is 0 Å². The predicted octanol–water partition coefficient (Wildman–Crippen LogP) is 4.90. The first-order valence-electron chi connectivity index (χ1n) is 9.55. The van der Waals surface area contributed by atoms with E-state index in [0.717, 1.165) is 13.0 Å². The molecule has 1 aliphatic rings. The Labute approximate surface area is 139 Å². The van der Waals surface area contributed by atoms with Crippen LogP contribution in [-0.4, -0.2) is 59.8 Å². The summed E-state index contributed by atoms with van der Waals surface area (Å²) in [4.78, 5) is 0. The van der Waals surface area contributed by atoms with Crippen LogP contribution in [0.3, 0.4) is 0 Å². The molecule has 1 saturated heterocycles. The molecule has 4 nitrogen and oxygen atoms in total. The maximum atomic E-state index is 5.40. The third-order valence-corrected chi connectivity index (χ3v) is 8.06. The third kappa shape index (κ3) is 5.06. The predicted molar refractivity (Wildman–Crippen MR) is 100 cm³/mol. The quantitative estimate of drug-likeness (QED) is 0.354. The molecule has 132 valence electrons. The van der Waals surface area contributed by atoms with E-state index in [9.17, 15) is 0 Å². The number of hydrogen-bond donors (Lipinski definition) is 0. The van der Waals surface area contributed by atoms with E-state index in [1.165, 1.54) is 65.0 Å². The summed E-state index contributed by atoms with van der Waals surface area (Å²) in [5.41, 5.74) is 0. The van der Waals surface area contributed by atoms with Crippen LogP contribution < -0.4 is 0 Å². The fraction of sp³-hybridized carbons (Fsp3) is 1.00. The van der Waals surface area contributed by atoms with Crippen molar-refractivity contribution in [2.45, 2.75) is 66.7 Å². The lowest BCUT2D eigenvalue weighted by molar-refractivity contribution is 0.349. The van der Waals surface area contributed by atoms with Crippen LogP contribution in [0.2, 0.25) is 0 Å². The van der Waals surface area contributed by atoms with E-state index in [4.69, 9.17) is 4.74 Å². The minimum Gasteiger partial charge on any atom is -0.261 e. The minimum absolute atomic E-state index is 1.01. The molecule has 0 amide bonds. The normalized spacial score (nSPS) is 15.8. The Hall–Kier alpha value is 0.110. The first-order valence-corrected chi connectivity index (χ1v) is 11.1. The van der Waals surface area contributed by atoms with Crippen LogP contribution in [0, 0.1) is 0 Å². The molecule has 0 aromatic rings. The van der Waals surface area contributed by atoms with Gasteiger partial charge in [0.15, 0.2) is 7.51 Å². The molecule has 0 radical (unpaired) electrons. The van der Waals surface area contributed by atoms with Crippen LogP contribution in [-0.2, 0) is 0 Å². The van der Waals surface area contributed by atoms with Gasteiger partial charge in [0.2, 0.25) is 0 Å². The van der Waals surface area contributed by atoms with E-state index in [1.807, 2.05) is 0 Å². The molecule has 0 aromatic heterocycles. The van der Waals surface area contributed by atoms with Crippen LogP contribution in [0.1, 0.15) is 66.7 Å². The van der Waals surface area contributed by atoms with Gasteiger partial charge in [-0.15, -0.1) is 0 Å². The average Bonchev–Trinajstić information content (AvgIpc) is 3.34. The Bertz CT molecular complexity index is 310. The molecular weight excluding hydrogens is 291 g/mol. The highest BCUT2D eigenvalue weighted by Gasteiger charge is 2.43. The van der Waals surface area contributed by atoms with Crippen molar-refractivity contribution >= 4 is 7.51 Å². The van der Waals surface area contributed by atoms with E-state index < -0.39 is 7.51 Å². The molecule has 22 heavy (non-hydrogen) atoms. The summed E-state index contributed by atoms with van der Waals surface area (Å²) in [5, 5.41) is 0. The van der Waals surface area contributed by atoms with Gasteiger partial charge in [-0.3, -0.25) is 4.74 Å². The number of rotatable bonds is 13. The Morgan fingerprint density at radius 3 is 1.41 bits per heavy atom. The lowest BCUT2D eigenvalue weighted by Gasteiger charge is -2.45. The molecule has 0 aliphatic carbocycles. The molecule has 0 atom stereocenters. The molecule has 0 aromatic carbocycles. The van der Waals surface area contributed by atoms with Crippen LogP contribution >= 0.6 is 7.51 Å². The second kappa shape index (κ2) is 10.8. The van der Waals surface area contributed by atoms with Gasteiger partial charge >= 0.3 is 0 Å². The summed E-state index contributed by atoms with van der Waals surface area (Å²) in [5.74, 6) is 0. The Kier molecular flexibility index (Phi) is 9.90. The fourth-order valence-electron chi connectivity index (χ4n) is 3.14. The van der Waals surface area contributed by atoms with E-state index in [0.29, 0.717) is 0 Å². The molecular formula is C17H39N4P. The Morgan fingerprint density at radius 1 is 0.727 bits per heavy atom. The second-order valence-corrected chi connectivity index (χ2v) is 9.32. The topological polar surface area (TPSA) is 21.9 Å². The van der Waals surface area contributed by atoms with Gasteiger partial charge in [-0.25, -0.2) is 14.0 Å². The Morgan fingerprint density at radius 2 is 1.14 bits per heavy atom. The average molecular weight is 331 g/mol. The summed E-state index contributed by atoms with van der Waals surface area (Å²) in [6.07, 6.45) is 6.06. The molecule has 1 aliphatic heterocycles. The lowest BCUT2D eigenvalue weighted by Crippen LogP contribution is -2.37. The van der Waals surface area contributed by atoms with E-state index >= 15 is 0 Å². The Balaban J connectivity index is 3.24. The fourth-order valence-corrected chi connectivity index (χ4v) is 7.72. The zero-order chi connectivity index (χ0) is 16.4. The van der Waals surface area contributed by atoms with Crippen molar-refractivity contribution in [2.24, 2.45) is 4.74 Å². The number of hydrogen-bond acceptors (Lipinski definition) is 1. The second-order valence-electron chi connectivity index (χ2n) is 6.26. The molecule has 0 unspecified atom stereocenters. The standard InChI is InChI=1S/C17H39N4P/c1-6-11-18-22(21-16-17-21,19(12-7-2)13-8-3)20(14-9-4)15-10-5/h6-17H2,1-5H3. The van der Waals surface area contributed by atoms with Crippen molar-refractivity contribution in [3.63, 3.8) is 0 Å². The first-order chi connectivity index (χ1) is 10.7. The zero-order valence-electron chi connectivity index (χ0n) is 15.7. The largest absolute Gasteiger partial charge is 0.261 e. The van der Waals surface area contributed by atoms with Gasteiger partial charge in [-0.1, -0.05) is 34.6 Å². The van der Waals surface area contributed by atoms with Crippen LogP contribution in [0.15, 0.2) is 4.74 Å². The maximum absolute atomic E-state index is 5.40. The molecule has 0 spiro atoms. The highest BCUT2D eigenvalue weighted by molar-refractivity contribution is 7.59. The monoisotopic (exact) mass is 330 g/mol. The number of nitrogens with zero attached hydrogens (tertiary/aromatic N) is 4. The summed E-state index contributed by atoms with van der Waals surface area (Å²) in [7, 11) is -1.63. The van der Waals surface area contributed by atoms with Gasteiger partial charge < -0.3 is 0 Å². The molecule has 1 heterocycles. The first kappa shape index (κ1) is 20.2. The highest BCUT2D eigenvalue weighted by atomic mass is 31.2. The van der Waals surface area contributed by atoms with Crippen molar-refractivity contribution in [1.82, 2.24) is 14.0 Å². The van der Waals surface area contributed by atoms with Crippen LogP contribution in [0.4, 0.5) is 0 Å². The van der Waals surface area contributed by atoms with E-state index in [2.05, 4.69) is 48.6 Å². The maximum Gasteiger partial charge on any atom is 0.167 e. The van der Waals surface area contributed by atoms with Crippen LogP contribution in [0.25, 0.3) is 0 Å². The van der Waals surface area contributed by atoms with Crippen molar-refractivity contribution in [2.75, 3.05) is 45.8 Å². The molecule has 5 heteroatoms. The third-order valence-electron chi connectivity index (χ3n) is 4.00. The van der Waals surface area contributed by atoms with Crippen molar-refractivity contribution in [1.29, 1.82) is 0 Å². The van der Waals surface area contributed by atoms with Crippen LogP contribution in [0.5, 0.6) is 0 Å². The lowest BCUT2D eigenvalue weighted by atomic mass is 10.4. The summed E-state index contributed by atoms with van der Waals surface area (Å²) in [6.45, 7) is 19.8. The van der Waals surface area contributed by atoms with Crippen molar-refractivity contribution in [3.05, 3.63) is 0 Å². The summed E-state index contributed by atoms with van der Waals surface area (Å²) < 4.78 is 13.6. The van der Waals surface area contributed by atoms with Gasteiger partial charge in [0.1, 0.15) is 0 Å². The smallest absolute Gasteiger partial charge is 0.167 e. The molecule has 0 bridgehead atoms. The van der Waals surface area contributed by atoms with E-state index in [-0.39, 0.29) is 0 Å². The van der Waals surface area contributed by atoms with Gasteiger partial charge in [0.25, 0.3) is 0 Å². The van der Waals surface area contributed by atoms with Gasteiger partial charge in [0, 0.05) is 45.8 Å². The van der Waals surface area contributed by atoms with Crippen molar-refractivity contribution in [3.8, 4) is 0 Å². The SMILES string of the molecule is CCCN=P(N(CCC)CCC)(N(CCC)CCC)N1CC1. The minimum atomic E-state index is -1.63. The summed E-state index contributed by atoms with van der Waals surface area (Å²) >= 11 is 0. The molecule has 0 N–H and O–H groups in total. The van der Waals surface area contributed by atoms with Gasteiger partial charge in [-0.2, -0.15) is 0 Å². The van der Waals surface area contributed by atoms with Crippen molar-refractivity contribution < 1.29 is 0 Å². The van der Waals surface area contributed by atoms with Gasteiger partial charge in [-0.05, 0) is 32.1 Å². The molecule has 1 rings (SSSR count). The molecule has 0 saturated carbocycles. The molecule has 1 fully saturated rings. The summed E-state index contributed by atoms with van der Waals surface area (Å²) in [6, 6.07) is 0.